The van der Waals surface area contributed by atoms with E-state index < -0.39 is 17.8 Å². The van der Waals surface area contributed by atoms with Gasteiger partial charge in [0.2, 0.25) is 11.8 Å². The van der Waals surface area contributed by atoms with Gasteiger partial charge in [0.1, 0.15) is 5.82 Å². The summed E-state index contributed by atoms with van der Waals surface area (Å²) in [6.07, 6.45) is 0. The van der Waals surface area contributed by atoms with Crippen molar-refractivity contribution >= 4 is 27.7 Å². The number of hydrogen-bond acceptors (Lipinski definition) is 3. The van der Waals surface area contributed by atoms with E-state index in [2.05, 4.69) is 26.6 Å². The number of nitrogens with one attached hydrogen (secondary N) is 2. The second-order valence-electron chi connectivity index (χ2n) is 5.00. The van der Waals surface area contributed by atoms with Gasteiger partial charge >= 0.3 is 0 Å². The number of carbonyl (C=O) groups excluding carboxylic acids is 2. The molecule has 1 atom stereocenters. The van der Waals surface area contributed by atoms with E-state index in [9.17, 15) is 14.0 Å². The molecule has 0 aliphatic heterocycles. The molecule has 0 aromatic heterocycles. The third-order valence-electron chi connectivity index (χ3n) is 2.93. The van der Waals surface area contributed by atoms with Gasteiger partial charge in [-0.1, -0.05) is 29.8 Å². The number of hydrogen-bond donors (Lipinski definition) is 3. The molecular weight excluding hydrogens is 341 g/mol. The van der Waals surface area contributed by atoms with Crippen molar-refractivity contribution in [3.05, 3.63) is 34.1 Å². The van der Waals surface area contributed by atoms with Crippen LogP contribution in [0.5, 0.6) is 0 Å². The normalized spacial score (nSPS) is 12.1. The number of halogens is 2. The highest BCUT2D eigenvalue weighted by Gasteiger charge is 2.17. The van der Waals surface area contributed by atoms with Crippen molar-refractivity contribution in [2.24, 2.45) is 11.7 Å². The van der Waals surface area contributed by atoms with E-state index >= 15 is 0 Å². The molecule has 0 heterocycles. The Morgan fingerprint density at radius 2 is 2.00 bits per heavy atom. The molecule has 21 heavy (non-hydrogen) atoms. The lowest BCUT2D eigenvalue weighted by molar-refractivity contribution is -0.127. The van der Waals surface area contributed by atoms with Gasteiger partial charge in [-0.05, 0) is 24.1 Å². The Bertz CT molecular complexity index is 523. The van der Waals surface area contributed by atoms with Crippen molar-refractivity contribution in [2.45, 2.75) is 26.4 Å². The first-order valence-corrected chi connectivity index (χ1v) is 7.34. The quantitative estimate of drug-likeness (QED) is 0.715. The van der Waals surface area contributed by atoms with E-state index in [0.29, 0.717) is 5.56 Å². The average molecular weight is 360 g/mol. The smallest absolute Gasteiger partial charge is 0.239 e. The topological polar surface area (TPSA) is 84.2 Å². The van der Waals surface area contributed by atoms with Crippen LogP contribution in [0.4, 0.5) is 4.39 Å². The Morgan fingerprint density at radius 1 is 1.33 bits per heavy atom. The molecule has 0 aliphatic carbocycles. The first-order chi connectivity index (χ1) is 9.81. The summed E-state index contributed by atoms with van der Waals surface area (Å²) >= 11 is 3.23. The van der Waals surface area contributed by atoms with E-state index in [1.54, 1.807) is 12.1 Å². The first kappa shape index (κ1) is 17.6. The second kappa shape index (κ2) is 8.09. The van der Waals surface area contributed by atoms with Gasteiger partial charge < -0.3 is 16.4 Å². The third kappa shape index (κ3) is 5.81. The fraction of sp³-hybridized carbons (Fsp3) is 0.429. The number of rotatable bonds is 6. The van der Waals surface area contributed by atoms with Crippen molar-refractivity contribution in [3.8, 4) is 0 Å². The van der Waals surface area contributed by atoms with E-state index in [4.69, 9.17) is 5.73 Å². The molecule has 5 nitrogen and oxygen atoms in total. The van der Waals surface area contributed by atoms with Gasteiger partial charge in [-0.15, -0.1) is 0 Å². The van der Waals surface area contributed by atoms with Gasteiger partial charge in [0.15, 0.2) is 0 Å². The summed E-state index contributed by atoms with van der Waals surface area (Å²) in [4.78, 5) is 23.2. The summed E-state index contributed by atoms with van der Waals surface area (Å²) in [5, 5.41) is 4.98. The Morgan fingerprint density at radius 3 is 2.62 bits per heavy atom. The molecule has 2 amide bonds. The Hall–Kier alpha value is -1.47. The van der Waals surface area contributed by atoms with Crippen molar-refractivity contribution in [1.29, 1.82) is 0 Å². The van der Waals surface area contributed by atoms with Crippen LogP contribution in [0.25, 0.3) is 0 Å². The summed E-state index contributed by atoms with van der Waals surface area (Å²) < 4.78 is 14.2. The van der Waals surface area contributed by atoms with Crippen LogP contribution in [-0.2, 0) is 16.1 Å². The average Bonchev–Trinajstić information content (AvgIpc) is 2.44. The fourth-order valence-corrected chi connectivity index (χ4v) is 1.93. The highest BCUT2D eigenvalue weighted by molar-refractivity contribution is 9.10. The monoisotopic (exact) mass is 359 g/mol. The van der Waals surface area contributed by atoms with Crippen LogP contribution in [0, 0.1) is 11.7 Å². The lowest BCUT2D eigenvalue weighted by Crippen LogP contribution is -2.47. The predicted octanol–water partition coefficient (Wildman–Crippen LogP) is 1.30. The zero-order valence-corrected chi connectivity index (χ0v) is 13.5. The van der Waals surface area contributed by atoms with E-state index in [0.717, 1.165) is 4.47 Å². The minimum absolute atomic E-state index is 0.0103. The van der Waals surface area contributed by atoms with Crippen LogP contribution in [0.3, 0.4) is 0 Å². The van der Waals surface area contributed by atoms with Crippen LogP contribution >= 0.6 is 15.9 Å². The summed E-state index contributed by atoms with van der Waals surface area (Å²) in [5.41, 5.74) is 6.01. The van der Waals surface area contributed by atoms with Gasteiger partial charge in [0, 0.05) is 16.6 Å². The Labute approximate surface area is 131 Å². The zero-order valence-electron chi connectivity index (χ0n) is 12.0. The second-order valence-corrected chi connectivity index (χ2v) is 5.92. The molecular formula is C14H19BrFN3O2. The highest BCUT2D eigenvalue weighted by Crippen LogP contribution is 2.15. The van der Waals surface area contributed by atoms with Gasteiger partial charge in [-0.25, -0.2) is 4.39 Å². The Kier molecular flexibility index (Phi) is 6.77. The first-order valence-electron chi connectivity index (χ1n) is 6.55. The van der Waals surface area contributed by atoms with E-state index in [-0.39, 0.29) is 24.9 Å². The van der Waals surface area contributed by atoms with Crippen molar-refractivity contribution in [1.82, 2.24) is 10.6 Å². The molecule has 4 N–H and O–H groups in total. The molecule has 7 heteroatoms. The summed E-state index contributed by atoms with van der Waals surface area (Å²) in [6, 6.07) is 3.83. The summed E-state index contributed by atoms with van der Waals surface area (Å²) in [5.74, 6) is -1.19. The molecule has 1 rings (SSSR count). The van der Waals surface area contributed by atoms with E-state index in [1.165, 1.54) is 6.07 Å². The summed E-state index contributed by atoms with van der Waals surface area (Å²) in [6.45, 7) is 3.51. The molecule has 116 valence electrons. The lowest BCUT2D eigenvalue weighted by Gasteiger charge is -2.15. The SMILES string of the molecule is CC(C)[C@H](N)C(=O)NCC(=O)NCc1cc(Br)ccc1F. The predicted molar refractivity (Wildman–Crippen MR) is 81.8 cm³/mol. The molecule has 1 aromatic rings. The molecule has 0 radical (unpaired) electrons. The molecule has 0 aliphatic rings. The van der Waals surface area contributed by atoms with Gasteiger partial charge in [-0.2, -0.15) is 0 Å². The number of benzene rings is 1. The van der Waals surface area contributed by atoms with Crippen LogP contribution in [-0.4, -0.2) is 24.4 Å². The van der Waals surface area contributed by atoms with E-state index in [1.807, 2.05) is 13.8 Å². The fourth-order valence-electron chi connectivity index (χ4n) is 1.52. The molecule has 0 unspecified atom stereocenters. The van der Waals surface area contributed by atoms with Crippen molar-refractivity contribution in [2.75, 3.05) is 6.54 Å². The highest BCUT2D eigenvalue weighted by atomic mass is 79.9. The maximum absolute atomic E-state index is 13.5. The minimum atomic E-state index is -0.652. The minimum Gasteiger partial charge on any atom is -0.350 e. The largest absolute Gasteiger partial charge is 0.350 e. The molecule has 0 spiro atoms. The maximum Gasteiger partial charge on any atom is 0.239 e. The van der Waals surface area contributed by atoms with Gasteiger partial charge in [0.05, 0.1) is 12.6 Å². The third-order valence-corrected chi connectivity index (χ3v) is 3.42. The molecule has 0 bridgehead atoms. The molecule has 1 aromatic carbocycles. The van der Waals surface area contributed by atoms with Crippen LogP contribution in [0.15, 0.2) is 22.7 Å². The lowest BCUT2D eigenvalue weighted by atomic mass is 10.1. The van der Waals surface area contributed by atoms with Crippen LogP contribution in [0.2, 0.25) is 0 Å². The number of amides is 2. The van der Waals surface area contributed by atoms with Crippen molar-refractivity contribution < 1.29 is 14.0 Å². The maximum atomic E-state index is 13.5. The van der Waals surface area contributed by atoms with Crippen LogP contribution in [0.1, 0.15) is 19.4 Å². The zero-order chi connectivity index (χ0) is 16.0. The van der Waals surface area contributed by atoms with Crippen LogP contribution < -0.4 is 16.4 Å². The number of nitrogens with two attached hydrogens (primary N) is 1. The van der Waals surface area contributed by atoms with Gasteiger partial charge in [0.25, 0.3) is 0 Å². The molecule has 0 saturated heterocycles. The Balaban J connectivity index is 2.41. The number of carbonyl (C=O) groups is 2. The standard InChI is InChI=1S/C14H19BrFN3O2/c1-8(2)13(17)14(21)19-7-12(20)18-6-9-5-10(15)3-4-11(9)16/h3-5,8,13H,6-7,17H2,1-2H3,(H,18,20)(H,19,21)/t13-/m0/s1. The molecule has 0 saturated carbocycles. The van der Waals surface area contributed by atoms with Crippen molar-refractivity contribution in [3.63, 3.8) is 0 Å². The molecule has 0 fully saturated rings. The summed E-state index contributed by atoms with van der Waals surface area (Å²) in [7, 11) is 0. The van der Waals surface area contributed by atoms with Gasteiger partial charge in [-0.3, -0.25) is 9.59 Å².